The number of amides is 1. The summed E-state index contributed by atoms with van der Waals surface area (Å²) in [6, 6.07) is 9.64. The van der Waals surface area contributed by atoms with Crippen LogP contribution in [0.15, 0.2) is 42.5 Å². The van der Waals surface area contributed by atoms with E-state index >= 15 is 0 Å². The number of carbonyl (C=O) groups excluding carboxylic acids is 1. The molecule has 3 heterocycles. The lowest BCUT2D eigenvalue weighted by atomic mass is 10.00. The normalized spacial score (nSPS) is 16.1. The fourth-order valence-corrected chi connectivity index (χ4v) is 6.10. The van der Waals surface area contributed by atoms with E-state index in [4.69, 9.17) is 21.4 Å². The molecule has 14 heteroatoms. The van der Waals surface area contributed by atoms with E-state index in [1.165, 1.54) is 18.2 Å². The third-order valence-corrected chi connectivity index (χ3v) is 8.27. The van der Waals surface area contributed by atoms with Crippen LogP contribution in [0.5, 0.6) is 0 Å². The zero-order chi connectivity index (χ0) is 32.5. The van der Waals surface area contributed by atoms with Crippen LogP contribution in [0.2, 0.25) is 5.02 Å². The smallest absolute Gasteiger partial charge is 0.416 e. The molecule has 1 aromatic heterocycles. The van der Waals surface area contributed by atoms with Gasteiger partial charge in [0.15, 0.2) is 0 Å². The van der Waals surface area contributed by atoms with Crippen molar-refractivity contribution in [3.05, 3.63) is 74.4 Å². The average molecular weight is 649 g/mol. The minimum Gasteiger partial charge on any atom is -0.444 e. The summed E-state index contributed by atoms with van der Waals surface area (Å²) in [6.45, 7) is 10.1. The summed E-state index contributed by atoms with van der Waals surface area (Å²) in [6.07, 6.45) is -3.58. The van der Waals surface area contributed by atoms with E-state index in [2.05, 4.69) is 4.90 Å². The van der Waals surface area contributed by atoms with E-state index in [1.807, 2.05) is 9.58 Å². The van der Waals surface area contributed by atoms with Crippen LogP contribution in [0.1, 0.15) is 44.0 Å². The standard InChI is InChI=1S/C31H36ClF3N6O4/c1-30(2,3)45-29(42)39-15-12-25-23(20-39)27(21-8-10-22(11-9-21)31(33,34)35)36-40(25)14-5-13-37-16-18-38(19-17-37)28-24(32)6-4-7-26(28)41(43)44/h4,6-11H,5,12-20H2,1-3H3. The van der Waals surface area contributed by atoms with Gasteiger partial charge in [-0.05, 0) is 45.4 Å². The number of ether oxygens (including phenoxy) is 1. The van der Waals surface area contributed by atoms with Crippen molar-refractivity contribution in [3.63, 3.8) is 0 Å². The number of benzene rings is 2. The summed E-state index contributed by atoms with van der Waals surface area (Å²) in [7, 11) is 0. The first-order valence-corrected chi connectivity index (χ1v) is 15.2. The van der Waals surface area contributed by atoms with Crippen LogP contribution >= 0.6 is 11.6 Å². The van der Waals surface area contributed by atoms with Gasteiger partial charge in [-0.25, -0.2) is 4.79 Å². The number of fused-ring (bicyclic) bond motifs is 1. The van der Waals surface area contributed by atoms with Crippen molar-refractivity contribution in [3.8, 4) is 11.3 Å². The number of hydrogen-bond donors (Lipinski definition) is 0. The maximum absolute atomic E-state index is 13.2. The summed E-state index contributed by atoms with van der Waals surface area (Å²) >= 11 is 6.33. The molecule has 2 aromatic carbocycles. The summed E-state index contributed by atoms with van der Waals surface area (Å²) in [4.78, 5) is 29.8. The number of aromatic nitrogens is 2. The lowest BCUT2D eigenvalue weighted by Gasteiger charge is -2.36. The van der Waals surface area contributed by atoms with Crippen molar-refractivity contribution in [2.24, 2.45) is 0 Å². The summed E-state index contributed by atoms with van der Waals surface area (Å²) in [5, 5.41) is 16.7. The summed E-state index contributed by atoms with van der Waals surface area (Å²) in [5.41, 5.74) is 1.92. The SMILES string of the molecule is CC(C)(C)OC(=O)N1CCc2c(c(-c3ccc(C(F)(F)F)cc3)nn2CCCN2CCN(c3c(Cl)cccc3[N+](=O)[O-])CC2)C1. The molecule has 0 radical (unpaired) electrons. The Morgan fingerprint density at radius 3 is 2.33 bits per heavy atom. The van der Waals surface area contributed by atoms with Gasteiger partial charge in [-0.1, -0.05) is 29.8 Å². The van der Waals surface area contributed by atoms with Gasteiger partial charge < -0.3 is 14.5 Å². The average Bonchev–Trinajstić information content (AvgIpc) is 3.34. The number of para-hydroxylation sites is 1. The number of carbonyl (C=O) groups is 1. The minimum atomic E-state index is -4.45. The molecule has 45 heavy (non-hydrogen) atoms. The summed E-state index contributed by atoms with van der Waals surface area (Å²) in [5.74, 6) is 0. The Balaban J connectivity index is 1.28. The quantitative estimate of drug-likeness (QED) is 0.209. The fourth-order valence-electron chi connectivity index (χ4n) is 5.81. The topological polar surface area (TPSA) is 97.0 Å². The first-order valence-electron chi connectivity index (χ1n) is 14.9. The molecule has 0 N–H and O–H groups in total. The highest BCUT2D eigenvalue weighted by Crippen LogP contribution is 2.37. The number of hydrogen-bond acceptors (Lipinski definition) is 7. The van der Waals surface area contributed by atoms with Crippen LogP contribution in [0.25, 0.3) is 11.3 Å². The predicted molar refractivity (Wildman–Crippen MR) is 164 cm³/mol. The van der Waals surface area contributed by atoms with Crippen LogP contribution in [-0.2, 0) is 30.4 Å². The van der Waals surface area contributed by atoms with Gasteiger partial charge in [0.2, 0.25) is 0 Å². The van der Waals surface area contributed by atoms with E-state index in [1.54, 1.807) is 37.8 Å². The number of alkyl halides is 3. The molecule has 0 spiro atoms. The molecule has 5 rings (SSSR count). The second-order valence-corrected chi connectivity index (χ2v) is 12.7. The molecule has 3 aromatic rings. The molecule has 0 bridgehead atoms. The van der Waals surface area contributed by atoms with Crippen LogP contribution in [0, 0.1) is 10.1 Å². The highest BCUT2D eigenvalue weighted by molar-refractivity contribution is 6.33. The lowest BCUT2D eigenvalue weighted by molar-refractivity contribution is -0.384. The van der Waals surface area contributed by atoms with E-state index in [9.17, 15) is 28.1 Å². The Kier molecular flexibility index (Phi) is 9.31. The molecular weight excluding hydrogens is 613 g/mol. The zero-order valence-corrected chi connectivity index (χ0v) is 26.2. The number of nitrogens with zero attached hydrogens (tertiary/aromatic N) is 6. The van der Waals surface area contributed by atoms with E-state index < -0.39 is 28.4 Å². The van der Waals surface area contributed by atoms with Crippen LogP contribution < -0.4 is 4.90 Å². The van der Waals surface area contributed by atoms with Gasteiger partial charge in [-0.15, -0.1) is 0 Å². The number of piperazine rings is 1. The maximum atomic E-state index is 13.2. The van der Waals surface area contributed by atoms with Crippen LogP contribution in [-0.4, -0.2) is 75.5 Å². The highest BCUT2D eigenvalue weighted by atomic mass is 35.5. The third-order valence-electron chi connectivity index (χ3n) is 7.97. The Morgan fingerprint density at radius 2 is 1.71 bits per heavy atom. The monoisotopic (exact) mass is 648 g/mol. The molecule has 0 unspecified atom stereocenters. The Morgan fingerprint density at radius 1 is 1.02 bits per heavy atom. The van der Waals surface area contributed by atoms with Gasteiger partial charge in [0, 0.05) is 75.1 Å². The zero-order valence-electron chi connectivity index (χ0n) is 25.4. The molecular formula is C31H36ClF3N6O4. The number of aryl methyl sites for hydroxylation is 1. The molecule has 10 nitrogen and oxygen atoms in total. The molecule has 1 fully saturated rings. The van der Waals surface area contributed by atoms with E-state index in [0.717, 1.165) is 36.4 Å². The van der Waals surface area contributed by atoms with Crippen molar-refractivity contribution in [1.82, 2.24) is 19.6 Å². The molecule has 1 saturated heterocycles. The first-order chi connectivity index (χ1) is 21.2. The summed E-state index contributed by atoms with van der Waals surface area (Å²) < 4.78 is 47.2. The molecule has 1 amide bonds. The third kappa shape index (κ3) is 7.52. The predicted octanol–water partition coefficient (Wildman–Crippen LogP) is 6.64. The molecule has 2 aliphatic heterocycles. The van der Waals surface area contributed by atoms with Gasteiger partial charge in [0.25, 0.3) is 5.69 Å². The van der Waals surface area contributed by atoms with Gasteiger partial charge in [-0.2, -0.15) is 18.3 Å². The Labute approximate surface area is 264 Å². The Bertz CT molecular complexity index is 1550. The number of rotatable bonds is 7. The molecule has 0 aliphatic carbocycles. The van der Waals surface area contributed by atoms with Gasteiger partial charge >= 0.3 is 12.3 Å². The molecule has 242 valence electrons. The van der Waals surface area contributed by atoms with Crippen molar-refractivity contribution in [1.29, 1.82) is 0 Å². The van der Waals surface area contributed by atoms with Crippen molar-refractivity contribution < 1.29 is 27.6 Å². The second-order valence-electron chi connectivity index (χ2n) is 12.3. The second kappa shape index (κ2) is 12.9. The molecule has 0 atom stereocenters. The fraction of sp³-hybridized carbons (Fsp3) is 0.484. The number of nitro groups is 1. The first kappa shape index (κ1) is 32.6. The highest BCUT2D eigenvalue weighted by Gasteiger charge is 2.33. The number of nitro benzene ring substituents is 1. The van der Waals surface area contributed by atoms with Gasteiger partial charge in [0.1, 0.15) is 11.3 Å². The van der Waals surface area contributed by atoms with Gasteiger partial charge in [-0.3, -0.25) is 19.7 Å². The minimum absolute atomic E-state index is 0.00603. The lowest BCUT2D eigenvalue weighted by Crippen LogP contribution is -2.47. The van der Waals surface area contributed by atoms with E-state index in [0.29, 0.717) is 67.7 Å². The van der Waals surface area contributed by atoms with Crippen molar-refractivity contribution >= 4 is 29.1 Å². The Hall–Kier alpha value is -3.84. The van der Waals surface area contributed by atoms with Crippen molar-refractivity contribution in [2.45, 2.75) is 58.5 Å². The van der Waals surface area contributed by atoms with Gasteiger partial charge in [0.05, 0.1) is 27.7 Å². The maximum Gasteiger partial charge on any atom is 0.416 e. The number of anilines is 1. The van der Waals surface area contributed by atoms with Crippen LogP contribution in [0.4, 0.5) is 29.3 Å². The molecule has 0 saturated carbocycles. The largest absolute Gasteiger partial charge is 0.444 e. The van der Waals surface area contributed by atoms with Crippen molar-refractivity contribution in [2.75, 3.05) is 44.2 Å². The number of halogens is 4. The van der Waals surface area contributed by atoms with Crippen LogP contribution in [0.3, 0.4) is 0 Å². The van der Waals surface area contributed by atoms with E-state index in [-0.39, 0.29) is 12.2 Å². The molecule has 2 aliphatic rings.